The Morgan fingerprint density at radius 2 is 1.87 bits per heavy atom. The van der Waals surface area contributed by atoms with E-state index in [0.717, 1.165) is 17.0 Å². The van der Waals surface area contributed by atoms with Crippen LogP contribution >= 0.6 is 0 Å². The lowest BCUT2D eigenvalue weighted by Crippen LogP contribution is -2.54. The van der Waals surface area contributed by atoms with Gasteiger partial charge in [-0.25, -0.2) is 18.2 Å². The van der Waals surface area contributed by atoms with E-state index >= 15 is 4.39 Å². The molecular weight excluding hydrogens is 599 g/mol. The van der Waals surface area contributed by atoms with Gasteiger partial charge in [-0.1, -0.05) is 36.3 Å². The van der Waals surface area contributed by atoms with E-state index in [1.165, 1.54) is 43.1 Å². The average molecular weight is 630 g/mol. The summed E-state index contributed by atoms with van der Waals surface area (Å²) in [6.45, 7) is 2.85. The van der Waals surface area contributed by atoms with Gasteiger partial charge in [-0.15, -0.1) is 0 Å². The lowest BCUT2D eigenvalue weighted by atomic mass is 9.87. The molecule has 2 aromatic carbocycles. The zero-order valence-corrected chi connectivity index (χ0v) is 25.0. The van der Waals surface area contributed by atoms with E-state index in [4.69, 9.17) is 0 Å². The maximum Gasteiger partial charge on any atom is 0.303 e. The molecular formula is C34H30F3N5O4. The van der Waals surface area contributed by atoms with Crippen molar-refractivity contribution in [3.63, 3.8) is 0 Å². The maximum absolute atomic E-state index is 15.0. The fraction of sp³-hybridized carbons (Fsp3) is 0.324. The third-order valence-electron chi connectivity index (χ3n) is 7.82. The van der Waals surface area contributed by atoms with Crippen molar-refractivity contribution in [1.82, 2.24) is 10.3 Å². The first kappa shape index (κ1) is 32.2. The molecule has 0 bridgehead atoms. The highest BCUT2D eigenvalue weighted by Gasteiger charge is 2.47. The number of alkyl halides is 2. The Balaban J connectivity index is 1.58. The normalized spacial score (nSPS) is 18.1. The minimum Gasteiger partial charge on any atom is -0.386 e. The molecule has 2 aliphatic rings. The van der Waals surface area contributed by atoms with E-state index < -0.39 is 60.1 Å². The number of halogens is 3. The Labute approximate surface area is 263 Å². The van der Waals surface area contributed by atoms with Crippen molar-refractivity contribution in [3.8, 4) is 17.9 Å². The molecule has 2 fully saturated rings. The van der Waals surface area contributed by atoms with Crippen LogP contribution in [0.2, 0.25) is 0 Å². The highest BCUT2D eigenvalue weighted by Crippen LogP contribution is 2.38. The maximum atomic E-state index is 15.0. The van der Waals surface area contributed by atoms with Gasteiger partial charge in [0, 0.05) is 37.2 Å². The molecule has 9 nitrogen and oxygen atoms in total. The molecule has 1 aliphatic heterocycles. The van der Waals surface area contributed by atoms with Crippen LogP contribution < -0.4 is 15.1 Å². The number of nitrogens with one attached hydrogen (secondary N) is 1. The lowest BCUT2D eigenvalue weighted by Gasteiger charge is -2.38. The largest absolute Gasteiger partial charge is 0.386 e. The molecule has 1 saturated heterocycles. The summed E-state index contributed by atoms with van der Waals surface area (Å²) in [6.07, 6.45) is 0.601. The number of benzene rings is 2. The van der Waals surface area contributed by atoms with Crippen LogP contribution in [0, 0.1) is 29.0 Å². The van der Waals surface area contributed by atoms with E-state index in [9.17, 15) is 33.5 Å². The fourth-order valence-electron chi connectivity index (χ4n) is 5.48. The summed E-state index contributed by atoms with van der Waals surface area (Å²) in [5.41, 5.74) is -0.967. The first-order valence-corrected chi connectivity index (χ1v) is 14.6. The summed E-state index contributed by atoms with van der Waals surface area (Å²) in [5.74, 6) is -0.282. The number of carbonyl (C=O) groups is 3. The van der Waals surface area contributed by atoms with Crippen molar-refractivity contribution in [1.29, 1.82) is 5.26 Å². The second-order valence-electron chi connectivity index (χ2n) is 11.8. The third-order valence-corrected chi connectivity index (χ3v) is 7.82. The van der Waals surface area contributed by atoms with Crippen LogP contribution in [0.15, 0.2) is 66.9 Å². The van der Waals surface area contributed by atoms with Gasteiger partial charge in [0.2, 0.25) is 11.8 Å². The number of carbonyl (C=O) groups excluding carboxylic acids is 3. The molecule has 3 aromatic rings. The van der Waals surface area contributed by atoms with Crippen LogP contribution in [0.5, 0.6) is 0 Å². The Hall–Kier alpha value is -5.20. The fourth-order valence-corrected chi connectivity index (χ4v) is 5.48. The molecule has 1 aliphatic carbocycles. The quantitative estimate of drug-likeness (QED) is 0.371. The molecule has 236 valence electrons. The molecule has 1 unspecified atom stereocenters. The van der Waals surface area contributed by atoms with Crippen LogP contribution in [0.25, 0.3) is 0 Å². The Kier molecular flexibility index (Phi) is 8.86. The van der Waals surface area contributed by atoms with Crippen LogP contribution in [-0.4, -0.2) is 45.8 Å². The molecule has 46 heavy (non-hydrogen) atoms. The van der Waals surface area contributed by atoms with Crippen LogP contribution in [0.1, 0.15) is 62.3 Å². The minimum atomic E-state index is -2.92. The summed E-state index contributed by atoms with van der Waals surface area (Å²) in [4.78, 5) is 47.1. The second-order valence-corrected chi connectivity index (χ2v) is 11.8. The lowest BCUT2D eigenvalue weighted by molar-refractivity contribution is -0.132. The molecule has 2 atom stereocenters. The minimum absolute atomic E-state index is 0.107. The van der Waals surface area contributed by atoms with E-state index in [1.54, 1.807) is 30.3 Å². The molecule has 0 radical (unpaired) electrons. The van der Waals surface area contributed by atoms with Gasteiger partial charge in [0.1, 0.15) is 23.7 Å². The summed E-state index contributed by atoms with van der Waals surface area (Å²) in [7, 11) is 0. The van der Waals surface area contributed by atoms with Gasteiger partial charge in [0.15, 0.2) is 0 Å². The van der Waals surface area contributed by atoms with Crippen LogP contribution in [-0.2, 0) is 20.0 Å². The van der Waals surface area contributed by atoms with E-state index in [0.29, 0.717) is 5.56 Å². The van der Waals surface area contributed by atoms with Gasteiger partial charge in [0.05, 0.1) is 17.2 Å². The van der Waals surface area contributed by atoms with E-state index in [1.807, 2.05) is 6.07 Å². The van der Waals surface area contributed by atoms with Gasteiger partial charge in [-0.2, -0.15) is 5.26 Å². The molecule has 12 heteroatoms. The Bertz CT molecular complexity index is 1770. The number of pyridine rings is 1. The molecule has 2 N–H and O–H groups in total. The van der Waals surface area contributed by atoms with Crippen molar-refractivity contribution in [2.75, 3.05) is 9.80 Å². The first-order chi connectivity index (χ1) is 21.8. The number of rotatable bonds is 7. The molecule has 0 spiro atoms. The summed E-state index contributed by atoms with van der Waals surface area (Å²) < 4.78 is 42.3. The van der Waals surface area contributed by atoms with Crippen molar-refractivity contribution in [2.24, 2.45) is 0 Å². The van der Waals surface area contributed by atoms with Crippen molar-refractivity contribution in [2.45, 2.75) is 69.2 Å². The van der Waals surface area contributed by atoms with Crippen molar-refractivity contribution in [3.05, 3.63) is 89.4 Å². The zero-order valence-electron chi connectivity index (χ0n) is 25.0. The van der Waals surface area contributed by atoms with Gasteiger partial charge in [-0.05, 0) is 67.6 Å². The Morgan fingerprint density at radius 3 is 2.52 bits per heavy atom. The van der Waals surface area contributed by atoms with Gasteiger partial charge in [-0.3, -0.25) is 24.2 Å². The number of nitrogens with zero attached hydrogens (tertiary/aromatic N) is 4. The average Bonchev–Trinajstić information content (AvgIpc) is 3.37. The number of amides is 3. The van der Waals surface area contributed by atoms with Gasteiger partial charge >= 0.3 is 5.91 Å². The van der Waals surface area contributed by atoms with Crippen LogP contribution in [0.4, 0.5) is 24.7 Å². The molecule has 2 heterocycles. The van der Waals surface area contributed by atoms with Crippen LogP contribution in [0.3, 0.4) is 0 Å². The zero-order chi connectivity index (χ0) is 33.2. The second kappa shape index (κ2) is 12.7. The predicted molar refractivity (Wildman–Crippen MR) is 162 cm³/mol. The summed E-state index contributed by atoms with van der Waals surface area (Å²) >= 11 is 0. The summed E-state index contributed by atoms with van der Waals surface area (Å²) in [5, 5.41) is 22.5. The molecule has 5 rings (SSSR count). The number of anilines is 2. The monoisotopic (exact) mass is 629 g/mol. The SMILES string of the molecule is CC(C)(O)c1cc(F)cc(N(C(=O)C#CC2CCC(=O)N2c2cc(C#N)ccn2)[C@H](C(=O)NC2CC(F)(F)C2)c2ccccc2)c1. The number of hydrogen-bond acceptors (Lipinski definition) is 6. The molecule has 1 saturated carbocycles. The highest BCUT2D eigenvalue weighted by molar-refractivity contribution is 6.10. The Morgan fingerprint density at radius 1 is 1.15 bits per heavy atom. The van der Waals surface area contributed by atoms with E-state index in [2.05, 4.69) is 22.1 Å². The molecule has 3 amide bonds. The van der Waals surface area contributed by atoms with Crippen molar-refractivity contribution < 1.29 is 32.7 Å². The van der Waals surface area contributed by atoms with Gasteiger partial charge < -0.3 is 10.4 Å². The predicted octanol–water partition coefficient (Wildman–Crippen LogP) is 4.51. The number of aromatic nitrogens is 1. The first-order valence-electron chi connectivity index (χ1n) is 14.6. The topological polar surface area (TPSA) is 127 Å². The number of aliphatic hydroxyl groups is 1. The van der Waals surface area contributed by atoms with Crippen molar-refractivity contribution >= 4 is 29.2 Å². The standard InChI is InChI=1S/C34H30F3N5O4/c1-33(2,46)23-15-24(35)17-27(16-23)42(31(22-6-4-3-5-7-22)32(45)40-25-18-34(36,37)19-25)30(44)11-9-26-8-10-29(43)41(26)28-14-21(20-38)12-13-39-28/h3-7,12-17,25-26,31,46H,8,10,18-19H2,1-2H3,(H,40,45)/t26?,31-/m0/s1. The van der Waals surface area contributed by atoms with E-state index in [-0.39, 0.29) is 41.4 Å². The van der Waals surface area contributed by atoms with Gasteiger partial charge in [0.25, 0.3) is 5.92 Å². The smallest absolute Gasteiger partial charge is 0.303 e. The third kappa shape index (κ3) is 7.03. The highest BCUT2D eigenvalue weighted by atomic mass is 19.3. The number of hydrogen-bond donors (Lipinski definition) is 2. The summed E-state index contributed by atoms with van der Waals surface area (Å²) in [6, 6.07) is 13.3. The molecule has 1 aromatic heterocycles. The number of nitriles is 1.